The van der Waals surface area contributed by atoms with Crippen LogP contribution in [0.15, 0.2) is 96.8 Å². The molecule has 1 fully saturated rings. The predicted molar refractivity (Wildman–Crippen MR) is 198 cm³/mol. The number of fused-ring (bicyclic) bond motifs is 2. The minimum atomic E-state index is -1.40. The molecule has 12 nitrogen and oxygen atoms in total. The zero-order valence-electron chi connectivity index (χ0n) is 30.3. The van der Waals surface area contributed by atoms with E-state index in [1.165, 1.54) is 18.0 Å². The number of aliphatic hydroxyl groups is 2. The van der Waals surface area contributed by atoms with Crippen molar-refractivity contribution in [2.45, 2.75) is 69.3 Å². The van der Waals surface area contributed by atoms with Crippen LogP contribution in [0.2, 0.25) is 0 Å². The molecular weight excluding hydrogens is 676 g/mol. The van der Waals surface area contributed by atoms with Crippen molar-refractivity contribution >= 4 is 11.7 Å². The fourth-order valence-corrected chi connectivity index (χ4v) is 8.31. The fourth-order valence-electron chi connectivity index (χ4n) is 8.31. The highest BCUT2D eigenvalue weighted by atomic mass is 16.7. The SMILES string of the molecule is C=CCOc1ccc2c(c1)[C@H]1[C@H](CCCCO)[C@@H](CCCCO)C=C3C(=NOCc4ccccc4)C[C@H](n4nncc4C(=O)OC)[C@@](OCC=C)(O2)[C@H]31. The van der Waals surface area contributed by atoms with Gasteiger partial charge in [0.1, 0.15) is 30.8 Å². The van der Waals surface area contributed by atoms with Gasteiger partial charge < -0.3 is 34.0 Å². The summed E-state index contributed by atoms with van der Waals surface area (Å²) in [6.45, 7) is 8.76. The number of ether oxygens (including phenoxy) is 4. The number of benzene rings is 2. The van der Waals surface area contributed by atoms with Crippen molar-refractivity contribution in [3.63, 3.8) is 0 Å². The first-order valence-corrected chi connectivity index (χ1v) is 18.5. The molecule has 2 aliphatic carbocycles. The van der Waals surface area contributed by atoms with Crippen molar-refractivity contribution < 1.29 is 38.8 Å². The van der Waals surface area contributed by atoms with Crippen LogP contribution in [-0.4, -0.2) is 76.2 Å². The van der Waals surface area contributed by atoms with E-state index in [2.05, 4.69) is 35.6 Å². The van der Waals surface area contributed by atoms with Crippen LogP contribution in [0.25, 0.3) is 0 Å². The second kappa shape index (κ2) is 17.8. The number of carbonyl (C=O) groups excluding carboxylic acids is 1. The number of methoxy groups -OCH3 is 1. The van der Waals surface area contributed by atoms with Crippen LogP contribution >= 0.6 is 0 Å². The van der Waals surface area contributed by atoms with E-state index in [4.69, 9.17) is 28.9 Å². The molecule has 1 aliphatic heterocycles. The quantitative estimate of drug-likeness (QED) is 0.0621. The first-order chi connectivity index (χ1) is 26.0. The lowest BCUT2D eigenvalue weighted by Gasteiger charge is -2.58. The minimum Gasteiger partial charge on any atom is -0.490 e. The zero-order chi connectivity index (χ0) is 37.2. The Labute approximate surface area is 310 Å². The maximum atomic E-state index is 13.2. The predicted octanol–water partition coefficient (Wildman–Crippen LogP) is 6.34. The van der Waals surface area contributed by atoms with E-state index in [9.17, 15) is 15.0 Å². The topological polar surface area (TPSA) is 147 Å². The normalized spacial score (nSPS) is 25.0. The van der Waals surface area contributed by atoms with E-state index in [-0.39, 0.29) is 56.3 Å². The largest absolute Gasteiger partial charge is 0.490 e. The Bertz CT molecular complexity index is 1770. The first-order valence-electron chi connectivity index (χ1n) is 18.5. The molecule has 12 heteroatoms. The number of unbranched alkanes of at least 4 members (excludes halogenated alkanes) is 2. The number of carbonyl (C=O) groups is 1. The molecule has 2 aromatic carbocycles. The van der Waals surface area contributed by atoms with Gasteiger partial charge in [0, 0.05) is 31.1 Å². The summed E-state index contributed by atoms with van der Waals surface area (Å²) in [5, 5.41) is 33.0. The molecule has 6 atom stereocenters. The van der Waals surface area contributed by atoms with Gasteiger partial charge >= 0.3 is 5.97 Å². The molecule has 3 aliphatic rings. The average molecular weight is 727 g/mol. The molecule has 1 saturated carbocycles. The summed E-state index contributed by atoms with van der Waals surface area (Å²) >= 11 is 0. The Morgan fingerprint density at radius 2 is 1.83 bits per heavy atom. The van der Waals surface area contributed by atoms with Crippen molar-refractivity contribution in [2.75, 3.05) is 33.5 Å². The van der Waals surface area contributed by atoms with Crippen molar-refractivity contribution in [3.8, 4) is 11.5 Å². The number of allylic oxidation sites excluding steroid dienone is 1. The zero-order valence-corrected chi connectivity index (χ0v) is 30.3. The summed E-state index contributed by atoms with van der Waals surface area (Å²) < 4.78 is 26.8. The third-order valence-electron chi connectivity index (χ3n) is 10.5. The fraction of sp³-hybridized carbons (Fsp3) is 0.463. The van der Waals surface area contributed by atoms with Crippen molar-refractivity contribution in [1.82, 2.24) is 15.0 Å². The highest BCUT2D eigenvalue weighted by Crippen LogP contribution is 2.63. The Morgan fingerprint density at radius 1 is 1.06 bits per heavy atom. The Kier molecular flexibility index (Phi) is 12.8. The van der Waals surface area contributed by atoms with E-state index in [1.807, 2.05) is 42.5 Å². The van der Waals surface area contributed by atoms with Gasteiger partial charge in [0.2, 0.25) is 5.79 Å². The van der Waals surface area contributed by atoms with E-state index in [1.54, 1.807) is 12.2 Å². The van der Waals surface area contributed by atoms with E-state index < -0.39 is 23.7 Å². The summed E-state index contributed by atoms with van der Waals surface area (Å²) in [5.74, 6) is -1.13. The monoisotopic (exact) mass is 726 g/mol. The molecule has 1 aromatic heterocycles. The molecule has 53 heavy (non-hydrogen) atoms. The number of nitrogens with zero attached hydrogens (tertiary/aromatic N) is 4. The van der Waals surface area contributed by atoms with Gasteiger partial charge in [-0.25, -0.2) is 9.48 Å². The lowest BCUT2D eigenvalue weighted by molar-refractivity contribution is -0.252. The van der Waals surface area contributed by atoms with Gasteiger partial charge in [-0.1, -0.05) is 78.3 Å². The van der Waals surface area contributed by atoms with E-state index in [0.717, 1.165) is 42.4 Å². The number of hydrogen-bond acceptors (Lipinski definition) is 11. The maximum absolute atomic E-state index is 13.2. The maximum Gasteiger partial charge on any atom is 0.358 e. The second-order valence-corrected chi connectivity index (χ2v) is 13.7. The summed E-state index contributed by atoms with van der Waals surface area (Å²) in [4.78, 5) is 19.3. The van der Waals surface area contributed by atoms with E-state index >= 15 is 0 Å². The summed E-state index contributed by atoms with van der Waals surface area (Å²) in [5.41, 5.74) is 3.72. The third-order valence-corrected chi connectivity index (χ3v) is 10.5. The molecule has 0 bridgehead atoms. The van der Waals surface area contributed by atoms with Gasteiger partial charge in [-0.05, 0) is 66.9 Å². The van der Waals surface area contributed by atoms with Crippen LogP contribution in [0, 0.1) is 17.8 Å². The van der Waals surface area contributed by atoms with Gasteiger partial charge in [-0.2, -0.15) is 0 Å². The minimum absolute atomic E-state index is 0.0825. The summed E-state index contributed by atoms with van der Waals surface area (Å²) in [6.07, 6.45) is 12.0. The van der Waals surface area contributed by atoms with Crippen molar-refractivity contribution in [1.29, 1.82) is 0 Å². The second-order valence-electron chi connectivity index (χ2n) is 13.7. The number of aliphatic hydroxyl groups excluding tert-OH is 2. The van der Waals surface area contributed by atoms with Crippen LogP contribution < -0.4 is 9.47 Å². The molecule has 0 radical (unpaired) electrons. The smallest absolute Gasteiger partial charge is 0.358 e. The number of hydrogen-bond donors (Lipinski definition) is 2. The highest BCUT2D eigenvalue weighted by molar-refractivity contribution is 6.02. The first kappa shape index (κ1) is 38.0. The molecule has 0 unspecified atom stereocenters. The summed E-state index contributed by atoms with van der Waals surface area (Å²) in [7, 11) is 1.32. The van der Waals surface area contributed by atoms with Crippen LogP contribution in [0.3, 0.4) is 0 Å². The number of aromatic nitrogens is 3. The van der Waals surface area contributed by atoms with Crippen LogP contribution in [-0.2, 0) is 20.9 Å². The van der Waals surface area contributed by atoms with Crippen LogP contribution in [0.4, 0.5) is 0 Å². The molecule has 282 valence electrons. The van der Waals surface area contributed by atoms with E-state index in [0.29, 0.717) is 36.7 Å². The lowest BCUT2D eigenvalue weighted by Crippen LogP contribution is -2.63. The summed E-state index contributed by atoms with van der Waals surface area (Å²) in [6, 6.07) is 14.9. The number of rotatable bonds is 19. The molecule has 0 spiro atoms. The molecule has 0 saturated heterocycles. The molecule has 3 aromatic rings. The lowest BCUT2D eigenvalue weighted by atomic mass is 9.55. The molecule has 2 heterocycles. The molecule has 2 N–H and O–H groups in total. The molecule has 6 rings (SSSR count). The number of esters is 1. The third kappa shape index (κ3) is 7.95. The van der Waals surface area contributed by atoms with Gasteiger partial charge in [0.25, 0.3) is 0 Å². The Morgan fingerprint density at radius 3 is 2.57 bits per heavy atom. The Hall–Kier alpha value is -4.78. The number of oxime groups is 1. The van der Waals surface area contributed by atoms with Crippen molar-refractivity contribution in [3.05, 3.63) is 109 Å². The highest BCUT2D eigenvalue weighted by Gasteiger charge is 2.65. The Balaban J connectivity index is 1.59. The van der Waals surface area contributed by atoms with Gasteiger partial charge in [-0.15, -0.1) is 11.7 Å². The van der Waals surface area contributed by atoms with Crippen molar-refractivity contribution in [2.24, 2.45) is 22.9 Å². The standard InChI is InChI=1S/C41H50N4O8/c1-4-21-50-30-17-18-36-33(24-30)38-31(16-10-12-20-47)29(15-9-11-19-46)23-32-34(43-52-27-28-13-7-6-8-14-28)25-37(41(53-36,39(32)38)51-22-5-2)45-35(26-42-44-45)40(48)49-3/h4-8,13-14,17-18,23-24,26,29,31,37-39,46-47H,1-2,9-12,15-16,19-22,25,27H2,3H3/t29-,31+,37-,38+,39+,41+/m0/s1. The van der Waals surface area contributed by atoms with Gasteiger partial charge in [0.05, 0.1) is 31.5 Å². The molecular formula is C41H50N4O8. The van der Waals surface area contributed by atoms with Gasteiger partial charge in [-0.3, -0.25) is 0 Å². The average Bonchev–Trinajstić information content (AvgIpc) is 3.67. The van der Waals surface area contributed by atoms with Gasteiger partial charge in [0.15, 0.2) is 5.69 Å². The van der Waals surface area contributed by atoms with Crippen LogP contribution in [0.1, 0.15) is 78.5 Å². The molecule has 0 amide bonds. The van der Waals surface area contributed by atoms with Crippen LogP contribution in [0.5, 0.6) is 11.5 Å².